The van der Waals surface area contributed by atoms with Gasteiger partial charge in [0.15, 0.2) is 11.6 Å². The molecule has 12 heteroatoms. The lowest BCUT2D eigenvalue weighted by atomic mass is 9.51. The summed E-state index contributed by atoms with van der Waals surface area (Å²) in [5.41, 5.74) is 1.75. The molecule has 0 spiro atoms. The molecule has 0 radical (unpaired) electrons. The highest BCUT2D eigenvalue weighted by molar-refractivity contribution is 7.22. The van der Waals surface area contributed by atoms with Crippen LogP contribution in [0.25, 0.3) is 20.7 Å². The van der Waals surface area contributed by atoms with Gasteiger partial charge in [-0.1, -0.05) is 65.7 Å². The van der Waals surface area contributed by atoms with Crippen molar-refractivity contribution in [1.82, 2.24) is 14.7 Å². The molecule has 2 saturated heterocycles. The average molecular weight is 749 g/mol. The van der Waals surface area contributed by atoms with Gasteiger partial charge in [0.2, 0.25) is 23.6 Å². The third kappa shape index (κ3) is 4.76. The molecule has 5 aromatic rings. The fourth-order valence-corrected chi connectivity index (χ4v) is 10.9. The molecule has 3 fully saturated rings. The molecule has 2 aliphatic heterocycles. The number of aryl methyl sites for hydroxylation is 2. The number of likely N-dealkylation sites (tertiary alicyclic amines) is 1. The van der Waals surface area contributed by atoms with Crippen molar-refractivity contribution in [2.24, 2.45) is 36.1 Å². The Morgan fingerprint density at radius 2 is 1.75 bits per heavy atom. The van der Waals surface area contributed by atoms with Gasteiger partial charge in [-0.25, -0.2) is 9.29 Å². The Labute approximate surface area is 313 Å². The normalized spacial score (nSPS) is 26.7. The molecule has 4 aliphatic rings. The van der Waals surface area contributed by atoms with Crippen LogP contribution in [-0.4, -0.2) is 43.4 Å². The number of para-hydroxylation sites is 1. The quantitative estimate of drug-likeness (QED) is 0.147. The number of imide groups is 2. The summed E-state index contributed by atoms with van der Waals surface area (Å²) in [6.07, 6.45) is 2.27. The van der Waals surface area contributed by atoms with E-state index in [4.69, 9.17) is 16.7 Å². The van der Waals surface area contributed by atoms with Crippen LogP contribution in [0, 0.1) is 41.8 Å². The number of carbonyl (C=O) groups excluding carboxylic acids is 4. The number of phenolic OH excluding ortho intramolecular Hbond substituents is 1. The monoisotopic (exact) mass is 748 g/mol. The first-order chi connectivity index (χ1) is 25.4. The molecule has 268 valence electrons. The molecule has 9 rings (SSSR count). The number of fused-ring (bicyclic) bond motifs is 5. The summed E-state index contributed by atoms with van der Waals surface area (Å²) >= 11 is 7.83. The van der Waals surface area contributed by atoms with Gasteiger partial charge in [-0.05, 0) is 73.4 Å². The number of allylic oxidation sites excluding steroid dienone is 2. The number of rotatable bonds is 5. The van der Waals surface area contributed by atoms with Crippen LogP contribution in [0.15, 0.2) is 84.4 Å². The highest BCUT2D eigenvalue weighted by atomic mass is 35.5. The van der Waals surface area contributed by atoms with Crippen LogP contribution < -0.4 is 4.90 Å². The van der Waals surface area contributed by atoms with E-state index in [0.29, 0.717) is 16.3 Å². The average Bonchev–Trinajstić information content (AvgIpc) is 3.81. The first-order valence-electron chi connectivity index (χ1n) is 17.6. The smallest absolute Gasteiger partial charge is 0.242 e. The van der Waals surface area contributed by atoms with Crippen LogP contribution in [0.4, 0.5) is 10.2 Å². The minimum atomic E-state index is -1.46. The van der Waals surface area contributed by atoms with Crippen LogP contribution in [0.5, 0.6) is 5.75 Å². The highest BCUT2D eigenvalue weighted by Crippen LogP contribution is 2.64. The van der Waals surface area contributed by atoms with Crippen LogP contribution >= 0.6 is 22.9 Å². The molecule has 3 aromatic carbocycles. The van der Waals surface area contributed by atoms with Gasteiger partial charge in [-0.3, -0.25) is 28.8 Å². The van der Waals surface area contributed by atoms with E-state index < -0.39 is 58.4 Å². The minimum absolute atomic E-state index is 0.128. The zero-order valence-electron chi connectivity index (χ0n) is 29.0. The van der Waals surface area contributed by atoms with E-state index >= 15 is 4.39 Å². The number of amides is 4. The zero-order valence-corrected chi connectivity index (χ0v) is 30.6. The molecule has 4 heterocycles. The van der Waals surface area contributed by atoms with Gasteiger partial charge >= 0.3 is 0 Å². The Kier molecular flexibility index (Phi) is 7.59. The molecule has 53 heavy (non-hydrogen) atoms. The van der Waals surface area contributed by atoms with E-state index in [1.165, 1.54) is 31.9 Å². The summed E-state index contributed by atoms with van der Waals surface area (Å²) in [6, 6.07) is 20.9. The molecule has 1 saturated carbocycles. The van der Waals surface area contributed by atoms with E-state index in [2.05, 4.69) is 0 Å². The van der Waals surface area contributed by atoms with Gasteiger partial charge in [0.1, 0.15) is 11.5 Å². The number of carbonyl (C=O) groups is 4. The number of nitrogens with zero attached hydrogens (tertiary/aromatic N) is 4. The number of thiophene rings is 1. The Hall–Kier alpha value is -5.13. The third-order valence-corrected chi connectivity index (χ3v) is 13.6. The summed E-state index contributed by atoms with van der Waals surface area (Å²) in [4.78, 5) is 61.2. The second-order valence-electron chi connectivity index (χ2n) is 14.8. The van der Waals surface area contributed by atoms with Gasteiger partial charge in [-0.2, -0.15) is 5.10 Å². The lowest BCUT2D eigenvalue weighted by Gasteiger charge is -2.49. The number of anilines is 1. The molecular formula is C41H34ClFN4O5S. The molecule has 1 N–H and O–H groups in total. The maximum atomic E-state index is 15.1. The molecule has 6 atom stereocenters. The second-order valence-corrected chi connectivity index (χ2v) is 16.3. The molecule has 2 aliphatic carbocycles. The highest BCUT2D eigenvalue weighted by Gasteiger charge is 2.68. The van der Waals surface area contributed by atoms with Gasteiger partial charge in [-0.15, -0.1) is 11.3 Å². The first kappa shape index (κ1) is 33.7. The first-order valence-corrected chi connectivity index (χ1v) is 18.8. The summed E-state index contributed by atoms with van der Waals surface area (Å²) < 4.78 is 17.7. The maximum Gasteiger partial charge on any atom is 0.242 e. The Bertz CT molecular complexity index is 2460. The largest absolute Gasteiger partial charge is 0.505 e. The number of hydrogen-bond donors (Lipinski definition) is 1. The fourth-order valence-electron chi connectivity index (χ4n) is 9.55. The van der Waals surface area contributed by atoms with Crippen molar-refractivity contribution < 1.29 is 28.7 Å². The van der Waals surface area contributed by atoms with Gasteiger partial charge in [0.25, 0.3) is 0 Å². The number of aromatic hydroxyl groups is 1. The van der Waals surface area contributed by atoms with E-state index in [1.807, 2.05) is 61.5 Å². The predicted octanol–water partition coefficient (Wildman–Crippen LogP) is 7.54. The predicted molar refractivity (Wildman–Crippen MR) is 198 cm³/mol. The zero-order chi connectivity index (χ0) is 37.1. The minimum Gasteiger partial charge on any atom is -0.505 e. The molecular weight excluding hydrogens is 715 g/mol. The standard InChI is InChI=1S/C41H34ClFN4O5S/c1-20-26-16-22(42)12-15-31(26)53-36(20)30-18-32(45(3)44-30)47-38(50)28-17-27-23(34(41(28,2)40(47)52)25-10-7-11-29(43)35(25)48)13-14-24-33(27)39(51)46(37(24)49)19-21-8-5-4-6-9-21/h4-13,15-16,18,24,27-28,33-34,48H,14,17,19H2,1-3H3/t24-,27+,28-,33-,34+,41+/m0/s1. The number of hydrogen-bond acceptors (Lipinski definition) is 7. The third-order valence-electron chi connectivity index (χ3n) is 12.1. The van der Waals surface area contributed by atoms with Crippen molar-refractivity contribution in [1.29, 1.82) is 0 Å². The summed E-state index contributed by atoms with van der Waals surface area (Å²) in [5, 5.41) is 17.6. The molecule has 9 nitrogen and oxygen atoms in total. The van der Waals surface area contributed by atoms with Crippen molar-refractivity contribution in [3.63, 3.8) is 0 Å². The summed E-state index contributed by atoms with van der Waals surface area (Å²) in [7, 11) is 1.68. The van der Waals surface area contributed by atoms with E-state index in [-0.39, 0.29) is 42.6 Å². The van der Waals surface area contributed by atoms with E-state index in [0.717, 1.165) is 32.2 Å². The van der Waals surface area contributed by atoms with Gasteiger partial charge < -0.3 is 5.11 Å². The second kappa shape index (κ2) is 11.9. The van der Waals surface area contributed by atoms with Crippen molar-refractivity contribution in [3.05, 3.63) is 112 Å². The number of aromatic nitrogens is 2. The van der Waals surface area contributed by atoms with Crippen molar-refractivity contribution in [2.75, 3.05) is 4.90 Å². The van der Waals surface area contributed by atoms with Crippen LogP contribution in [0.1, 0.15) is 42.4 Å². The van der Waals surface area contributed by atoms with Crippen LogP contribution in [0.3, 0.4) is 0 Å². The SMILES string of the molecule is Cc1c(-c2cc(N3C(=O)[C@@H]4C[C@@H]5C(=CC[C@@H]6C(=O)N(Cc7ccccc7)C(=O)[C@@H]65)[C@H](c5cccc(F)c5O)[C@]4(C)C3=O)n(C)n2)sc2ccc(Cl)cc12. The van der Waals surface area contributed by atoms with Crippen molar-refractivity contribution in [2.45, 2.75) is 39.2 Å². The summed E-state index contributed by atoms with van der Waals surface area (Å²) in [6.45, 7) is 3.81. The number of halogens is 2. The number of benzene rings is 3. The molecule has 0 bridgehead atoms. The molecule has 0 unspecified atom stereocenters. The van der Waals surface area contributed by atoms with E-state index in [1.54, 1.807) is 26.1 Å². The van der Waals surface area contributed by atoms with E-state index in [9.17, 15) is 24.3 Å². The van der Waals surface area contributed by atoms with Gasteiger partial charge in [0.05, 0.1) is 34.6 Å². The Morgan fingerprint density at radius 3 is 2.53 bits per heavy atom. The molecule has 2 aromatic heterocycles. The Balaban J connectivity index is 1.14. The van der Waals surface area contributed by atoms with Crippen molar-refractivity contribution in [3.8, 4) is 16.3 Å². The number of phenols is 1. The van der Waals surface area contributed by atoms with Crippen LogP contribution in [-0.2, 0) is 32.8 Å². The Morgan fingerprint density at radius 1 is 0.981 bits per heavy atom. The van der Waals surface area contributed by atoms with Crippen molar-refractivity contribution >= 4 is 62.5 Å². The lowest BCUT2D eigenvalue weighted by molar-refractivity contribution is -0.141. The topological polar surface area (TPSA) is 113 Å². The summed E-state index contributed by atoms with van der Waals surface area (Å²) in [5.74, 6) is -6.63. The lowest BCUT2D eigenvalue weighted by Crippen LogP contribution is -2.49. The molecule has 4 amide bonds. The maximum absolute atomic E-state index is 15.1. The fraction of sp³-hybridized carbons (Fsp3) is 0.293. The van der Waals surface area contributed by atoms with Crippen LogP contribution in [0.2, 0.25) is 5.02 Å². The van der Waals surface area contributed by atoms with Gasteiger partial charge in [0, 0.05) is 34.3 Å².